The molecule has 0 saturated heterocycles. The lowest BCUT2D eigenvalue weighted by Crippen LogP contribution is -2.30. The first kappa shape index (κ1) is 24.5. The van der Waals surface area contributed by atoms with E-state index < -0.39 is 10.0 Å². The van der Waals surface area contributed by atoms with E-state index in [0.717, 1.165) is 21.7 Å². The fourth-order valence-corrected chi connectivity index (χ4v) is 4.52. The molecule has 0 atom stereocenters. The predicted octanol–water partition coefficient (Wildman–Crippen LogP) is 5.39. The maximum absolute atomic E-state index is 12.1. The molecule has 0 saturated carbocycles. The number of hydrogen-bond donors (Lipinski definition) is 1. The number of ketones is 1. The third-order valence-electron chi connectivity index (χ3n) is 4.85. The summed E-state index contributed by atoms with van der Waals surface area (Å²) in [6.45, 7) is 9.35. The summed E-state index contributed by atoms with van der Waals surface area (Å²) in [5.74, 6) is 0.130. The van der Waals surface area contributed by atoms with Gasteiger partial charge in [0.05, 0.1) is 10.4 Å². The summed E-state index contributed by atoms with van der Waals surface area (Å²) in [6.07, 6.45) is 5.00. The van der Waals surface area contributed by atoms with Crippen molar-refractivity contribution in [1.82, 2.24) is 14.7 Å². The summed E-state index contributed by atoms with van der Waals surface area (Å²) in [5, 5.41) is 2.81. The number of pyridine rings is 2. The molecule has 33 heavy (non-hydrogen) atoms. The van der Waals surface area contributed by atoms with E-state index >= 15 is 0 Å². The van der Waals surface area contributed by atoms with E-state index in [4.69, 9.17) is 0 Å². The molecule has 7 heteroatoms. The van der Waals surface area contributed by atoms with E-state index in [9.17, 15) is 13.2 Å². The van der Waals surface area contributed by atoms with E-state index in [1.54, 1.807) is 50.6 Å². The first-order valence-electron chi connectivity index (χ1n) is 10.7. The number of sulfonamides is 1. The molecule has 2 heterocycles. The average Bonchev–Trinajstić information content (AvgIpc) is 2.77. The summed E-state index contributed by atoms with van der Waals surface area (Å²) in [4.78, 5) is 20.6. The minimum atomic E-state index is -3.43. The fraction of sp³-hybridized carbons (Fsp3) is 0.269. The SMILES string of the molecule is CC(C)(C)C(=O)c1cnc2ccccc2c1.CC(C)NS(=O)(=O)c1ccc2ccncc2c1. The van der Waals surface area contributed by atoms with Gasteiger partial charge in [-0.15, -0.1) is 0 Å². The zero-order valence-electron chi connectivity index (χ0n) is 19.5. The van der Waals surface area contributed by atoms with Gasteiger partial charge in [0.15, 0.2) is 5.78 Å². The second-order valence-corrected chi connectivity index (χ2v) is 10.9. The fourth-order valence-electron chi connectivity index (χ4n) is 3.24. The maximum Gasteiger partial charge on any atom is 0.240 e. The smallest absolute Gasteiger partial charge is 0.240 e. The highest BCUT2D eigenvalue weighted by Gasteiger charge is 2.23. The molecule has 4 rings (SSSR count). The van der Waals surface area contributed by atoms with Crippen LogP contribution >= 0.6 is 0 Å². The van der Waals surface area contributed by atoms with Crippen molar-refractivity contribution < 1.29 is 13.2 Å². The molecular weight excluding hydrogens is 434 g/mol. The van der Waals surface area contributed by atoms with E-state index in [-0.39, 0.29) is 22.1 Å². The van der Waals surface area contributed by atoms with Gasteiger partial charge < -0.3 is 0 Å². The Morgan fingerprint density at radius 1 is 0.909 bits per heavy atom. The Bertz CT molecular complexity index is 1390. The summed E-state index contributed by atoms with van der Waals surface area (Å²) < 4.78 is 26.5. The number of nitrogens with zero attached hydrogens (tertiary/aromatic N) is 2. The van der Waals surface area contributed by atoms with E-state index in [2.05, 4.69) is 14.7 Å². The van der Waals surface area contributed by atoms with Crippen molar-refractivity contribution in [2.24, 2.45) is 5.41 Å². The number of rotatable bonds is 4. The molecular formula is C26H29N3O3S. The normalized spacial score (nSPS) is 11.9. The Labute approximate surface area is 195 Å². The van der Waals surface area contributed by atoms with E-state index in [1.807, 2.05) is 57.2 Å². The first-order valence-corrected chi connectivity index (χ1v) is 12.2. The van der Waals surface area contributed by atoms with Crippen molar-refractivity contribution in [3.63, 3.8) is 0 Å². The Morgan fingerprint density at radius 3 is 2.33 bits per heavy atom. The number of hydrogen-bond acceptors (Lipinski definition) is 5. The molecule has 2 aromatic carbocycles. The number of carbonyl (C=O) groups is 1. The van der Waals surface area contributed by atoms with Gasteiger partial charge in [-0.05, 0) is 49.6 Å². The highest BCUT2D eigenvalue weighted by Crippen LogP contribution is 2.22. The Balaban J connectivity index is 0.000000186. The van der Waals surface area contributed by atoms with Crippen molar-refractivity contribution >= 4 is 37.5 Å². The minimum absolute atomic E-state index is 0.121. The number of aromatic nitrogens is 2. The van der Waals surface area contributed by atoms with Crippen molar-refractivity contribution in [3.8, 4) is 0 Å². The highest BCUT2D eigenvalue weighted by atomic mass is 32.2. The third-order valence-corrected chi connectivity index (χ3v) is 6.50. The summed E-state index contributed by atoms with van der Waals surface area (Å²) in [7, 11) is -3.43. The molecule has 6 nitrogen and oxygen atoms in total. The number of benzene rings is 2. The molecule has 172 valence electrons. The van der Waals surface area contributed by atoms with Crippen LogP contribution in [-0.4, -0.2) is 30.2 Å². The molecule has 2 aromatic heterocycles. The topological polar surface area (TPSA) is 89.0 Å². The predicted molar refractivity (Wildman–Crippen MR) is 133 cm³/mol. The molecule has 1 N–H and O–H groups in total. The molecule has 0 amide bonds. The maximum atomic E-state index is 12.1. The molecule has 4 aromatic rings. The number of Topliss-reactive ketones (excluding diaryl/α,β-unsaturated/α-hetero) is 1. The van der Waals surface area contributed by atoms with Crippen molar-refractivity contribution in [2.45, 2.75) is 45.6 Å². The quantitative estimate of drug-likeness (QED) is 0.410. The van der Waals surface area contributed by atoms with Crippen LogP contribution in [0.25, 0.3) is 21.7 Å². The number of nitrogens with one attached hydrogen (secondary N) is 1. The Morgan fingerprint density at radius 2 is 1.64 bits per heavy atom. The molecule has 0 aliphatic rings. The van der Waals surface area contributed by atoms with E-state index in [0.29, 0.717) is 5.56 Å². The van der Waals surface area contributed by atoms with Crippen LogP contribution in [0.5, 0.6) is 0 Å². The highest BCUT2D eigenvalue weighted by molar-refractivity contribution is 7.89. The molecule has 0 aliphatic heterocycles. The van der Waals surface area contributed by atoms with Gasteiger partial charge in [0.25, 0.3) is 0 Å². The Kier molecular flexibility index (Phi) is 7.25. The van der Waals surface area contributed by atoms with Gasteiger partial charge in [-0.3, -0.25) is 14.8 Å². The van der Waals surface area contributed by atoms with Crippen LogP contribution in [0, 0.1) is 5.41 Å². The van der Waals surface area contributed by atoms with Gasteiger partial charge in [0.1, 0.15) is 0 Å². The first-order chi connectivity index (χ1) is 15.5. The van der Waals surface area contributed by atoms with E-state index in [1.165, 1.54) is 0 Å². The third kappa shape index (κ3) is 6.21. The monoisotopic (exact) mass is 463 g/mol. The Hall–Kier alpha value is -3.16. The second kappa shape index (κ2) is 9.77. The van der Waals surface area contributed by atoms with Crippen LogP contribution in [-0.2, 0) is 10.0 Å². The van der Waals surface area contributed by atoms with Gasteiger partial charge in [0, 0.05) is 46.4 Å². The number of fused-ring (bicyclic) bond motifs is 2. The summed E-state index contributed by atoms with van der Waals surface area (Å²) >= 11 is 0. The zero-order chi connectivity index (χ0) is 24.2. The number of para-hydroxylation sites is 1. The molecule has 0 unspecified atom stereocenters. The van der Waals surface area contributed by atoms with Crippen LogP contribution in [0.1, 0.15) is 45.0 Å². The van der Waals surface area contributed by atoms with Crippen LogP contribution in [0.15, 0.2) is 78.1 Å². The van der Waals surface area contributed by atoms with Gasteiger partial charge in [-0.25, -0.2) is 13.1 Å². The molecule has 0 bridgehead atoms. The van der Waals surface area contributed by atoms with Crippen LogP contribution < -0.4 is 4.72 Å². The van der Waals surface area contributed by atoms with Crippen molar-refractivity contribution in [2.75, 3.05) is 0 Å². The van der Waals surface area contributed by atoms with Crippen LogP contribution in [0.2, 0.25) is 0 Å². The summed E-state index contributed by atoms with van der Waals surface area (Å²) in [6, 6.07) is 16.5. The van der Waals surface area contributed by atoms with Gasteiger partial charge >= 0.3 is 0 Å². The molecule has 0 radical (unpaired) electrons. The van der Waals surface area contributed by atoms with Crippen molar-refractivity contribution in [1.29, 1.82) is 0 Å². The van der Waals surface area contributed by atoms with Gasteiger partial charge in [-0.2, -0.15) is 0 Å². The number of carbonyl (C=O) groups excluding carboxylic acids is 1. The lowest BCUT2D eigenvalue weighted by atomic mass is 9.87. The lowest BCUT2D eigenvalue weighted by Gasteiger charge is -2.16. The molecule has 0 spiro atoms. The van der Waals surface area contributed by atoms with Crippen LogP contribution in [0.4, 0.5) is 0 Å². The average molecular weight is 464 g/mol. The van der Waals surface area contributed by atoms with Crippen LogP contribution in [0.3, 0.4) is 0 Å². The zero-order valence-corrected chi connectivity index (χ0v) is 20.3. The largest absolute Gasteiger partial charge is 0.294 e. The van der Waals surface area contributed by atoms with Crippen molar-refractivity contribution in [3.05, 3.63) is 78.8 Å². The summed E-state index contributed by atoms with van der Waals surface area (Å²) in [5.41, 5.74) is 1.25. The van der Waals surface area contributed by atoms with Gasteiger partial charge in [0.2, 0.25) is 10.0 Å². The standard InChI is InChI=1S/C14H15NO.C12H14N2O2S/c1-14(2,3)13(16)11-8-10-6-4-5-7-12(10)15-9-11;1-9(2)14-17(15,16)12-4-3-10-5-6-13-8-11(10)7-12/h4-9H,1-3H3;3-9,14H,1-2H3. The van der Waals surface area contributed by atoms with Gasteiger partial charge in [-0.1, -0.05) is 45.0 Å². The molecule has 0 fully saturated rings. The lowest BCUT2D eigenvalue weighted by molar-refractivity contribution is 0.0858. The molecule has 0 aliphatic carbocycles. The minimum Gasteiger partial charge on any atom is -0.294 e. The second-order valence-electron chi connectivity index (χ2n) is 9.16.